The predicted octanol–water partition coefficient (Wildman–Crippen LogP) is 3.32. The van der Waals surface area contributed by atoms with E-state index in [1.165, 1.54) is 16.5 Å². The van der Waals surface area contributed by atoms with Crippen molar-refractivity contribution in [3.05, 3.63) is 59.5 Å². The second kappa shape index (κ2) is 9.30. The van der Waals surface area contributed by atoms with Gasteiger partial charge in [0.25, 0.3) is 5.91 Å². The van der Waals surface area contributed by atoms with Crippen molar-refractivity contribution in [2.24, 2.45) is 0 Å². The summed E-state index contributed by atoms with van der Waals surface area (Å²) >= 11 is 0. The highest BCUT2D eigenvalue weighted by Gasteiger charge is 2.24. The van der Waals surface area contributed by atoms with Gasteiger partial charge in [-0.15, -0.1) is 0 Å². The number of amides is 1. The number of carbonyl (C=O) groups is 1. The zero-order chi connectivity index (χ0) is 21.9. The van der Waals surface area contributed by atoms with Gasteiger partial charge in [0.15, 0.2) is 5.76 Å². The summed E-state index contributed by atoms with van der Waals surface area (Å²) in [6.45, 7) is 9.38. The molecule has 2 fully saturated rings. The van der Waals surface area contributed by atoms with Crippen LogP contribution in [0.3, 0.4) is 0 Å². The number of anilines is 1. The summed E-state index contributed by atoms with van der Waals surface area (Å²) in [7, 11) is 0. The predicted molar refractivity (Wildman–Crippen MR) is 124 cm³/mol. The summed E-state index contributed by atoms with van der Waals surface area (Å²) in [5.74, 6) is 1.47. The summed E-state index contributed by atoms with van der Waals surface area (Å²) in [5, 5.41) is 1.17. The molecular weight excluding hydrogens is 404 g/mol. The molecule has 0 aliphatic carbocycles. The molecule has 0 bridgehead atoms. The maximum Gasteiger partial charge on any atom is 0.289 e. The van der Waals surface area contributed by atoms with Gasteiger partial charge >= 0.3 is 0 Å². The number of benzene rings is 1. The van der Waals surface area contributed by atoms with E-state index in [-0.39, 0.29) is 5.91 Å². The molecule has 1 amide bonds. The van der Waals surface area contributed by atoms with Crippen LogP contribution in [0.1, 0.15) is 28.1 Å². The van der Waals surface area contributed by atoms with Gasteiger partial charge in [-0.3, -0.25) is 9.69 Å². The number of rotatable bonds is 4. The summed E-state index contributed by atoms with van der Waals surface area (Å²) in [6.07, 6.45) is 2.50. The van der Waals surface area contributed by atoms with E-state index in [0.29, 0.717) is 12.3 Å². The lowest BCUT2D eigenvalue weighted by Gasteiger charge is -2.31. The maximum absolute atomic E-state index is 12.7. The van der Waals surface area contributed by atoms with Gasteiger partial charge in [-0.2, -0.15) is 0 Å². The molecule has 0 radical (unpaired) electrons. The Morgan fingerprint density at radius 2 is 1.91 bits per heavy atom. The Kier molecular flexibility index (Phi) is 6.10. The number of morpholine rings is 1. The highest BCUT2D eigenvalue weighted by molar-refractivity contribution is 5.91. The molecule has 2 aromatic heterocycles. The highest BCUT2D eigenvalue weighted by Crippen LogP contribution is 2.27. The van der Waals surface area contributed by atoms with Crippen LogP contribution in [-0.2, 0) is 11.3 Å². The molecule has 0 atom stereocenters. The quantitative estimate of drug-likeness (QED) is 0.628. The normalized spacial score (nSPS) is 18.2. The lowest BCUT2D eigenvalue weighted by molar-refractivity contribution is 0.0729. The third-order valence-electron chi connectivity index (χ3n) is 6.34. The summed E-state index contributed by atoms with van der Waals surface area (Å²) in [4.78, 5) is 24.5. The molecule has 2 aliphatic heterocycles. The van der Waals surface area contributed by atoms with Gasteiger partial charge in [0.05, 0.1) is 25.0 Å². The molecule has 0 N–H and O–H groups in total. The molecule has 1 aromatic carbocycles. The Bertz CT molecular complexity index is 1080. The van der Waals surface area contributed by atoms with Crippen molar-refractivity contribution < 1.29 is 13.9 Å². The van der Waals surface area contributed by atoms with Crippen molar-refractivity contribution in [2.75, 3.05) is 57.4 Å². The van der Waals surface area contributed by atoms with E-state index in [4.69, 9.17) is 14.1 Å². The van der Waals surface area contributed by atoms with Crippen LogP contribution in [0.15, 0.2) is 47.1 Å². The van der Waals surface area contributed by atoms with Crippen LogP contribution < -0.4 is 4.90 Å². The Morgan fingerprint density at radius 3 is 2.72 bits per heavy atom. The third kappa shape index (κ3) is 4.49. The van der Waals surface area contributed by atoms with Crippen molar-refractivity contribution in [1.29, 1.82) is 0 Å². The minimum atomic E-state index is -0.0198. The Morgan fingerprint density at radius 1 is 1.03 bits per heavy atom. The molecule has 7 heteroatoms. The van der Waals surface area contributed by atoms with E-state index in [1.807, 2.05) is 4.90 Å². The fourth-order valence-electron chi connectivity index (χ4n) is 4.61. The third-order valence-corrected chi connectivity index (χ3v) is 6.34. The number of hydrogen-bond donors (Lipinski definition) is 0. The number of carbonyl (C=O) groups excluding carboxylic acids is 1. The number of fused-ring (bicyclic) bond motifs is 1. The molecule has 32 heavy (non-hydrogen) atoms. The minimum absolute atomic E-state index is 0.0198. The van der Waals surface area contributed by atoms with Crippen molar-refractivity contribution >= 4 is 22.6 Å². The number of furan rings is 1. The molecule has 4 heterocycles. The second-order valence-electron chi connectivity index (χ2n) is 8.67. The van der Waals surface area contributed by atoms with Gasteiger partial charge in [-0.1, -0.05) is 12.1 Å². The molecular formula is C25H30N4O3. The van der Waals surface area contributed by atoms with Gasteiger partial charge in [0, 0.05) is 56.8 Å². The summed E-state index contributed by atoms with van der Waals surface area (Å²) in [5.41, 5.74) is 3.51. The summed E-state index contributed by atoms with van der Waals surface area (Å²) < 4.78 is 10.9. The Labute approximate surface area is 188 Å². The minimum Gasteiger partial charge on any atom is -0.459 e. The lowest BCUT2D eigenvalue weighted by atomic mass is 10.1. The average molecular weight is 435 g/mol. The first-order valence-corrected chi connectivity index (χ1v) is 11.5. The standard InChI is InChI=1S/C25H30N4O3/c1-19-5-6-20-17-21(24(26-22(20)16-19)28-11-14-31-15-12-28)18-27-7-3-8-29(10-9-27)25(30)23-4-2-13-32-23/h2,4-6,13,16-17H,3,7-12,14-15,18H2,1H3. The van der Waals surface area contributed by atoms with E-state index in [9.17, 15) is 4.79 Å². The van der Waals surface area contributed by atoms with E-state index in [1.54, 1.807) is 18.4 Å². The first kappa shape index (κ1) is 21.0. The van der Waals surface area contributed by atoms with Gasteiger partial charge in [0.2, 0.25) is 0 Å². The van der Waals surface area contributed by atoms with Gasteiger partial charge in [-0.05, 0) is 43.2 Å². The molecule has 5 rings (SSSR count). The van der Waals surface area contributed by atoms with Gasteiger partial charge in [-0.25, -0.2) is 4.98 Å². The number of aromatic nitrogens is 1. The van der Waals surface area contributed by atoms with Crippen molar-refractivity contribution in [1.82, 2.24) is 14.8 Å². The molecule has 0 spiro atoms. The van der Waals surface area contributed by atoms with Gasteiger partial charge < -0.3 is 19.0 Å². The van der Waals surface area contributed by atoms with E-state index < -0.39 is 0 Å². The average Bonchev–Trinajstić information content (AvgIpc) is 3.26. The van der Waals surface area contributed by atoms with Crippen molar-refractivity contribution in [2.45, 2.75) is 19.9 Å². The SMILES string of the molecule is Cc1ccc2cc(CN3CCCN(C(=O)c4ccco4)CC3)c(N3CCOCC3)nc2c1. The first-order chi connectivity index (χ1) is 15.7. The zero-order valence-corrected chi connectivity index (χ0v) is 18.6. The van der Waals surface area contributed by atoms with Crippen LogP contribution in [0.25, 0.3) is 10.9 Å². The maximum atomic E-state index is 12.7. The van der Waals surface area contributed by atoms with Crippen LogP contribution in [-0.4, -0.2) is 73.2 Å². The van der Waals surface area contributed by atoms with Gasteiger partial charge in [0.1, 0.15) is 5.82 Å². The monoisotopic (exact) mass is 434 g/mol. The van der Waals surface area contributed by atoms with E-state index in [2.05, 4.69) is 41.0 Å². The number of aryl methyl sites for hydroxylation is 1. The Balaban J connectivity index is 1.36. The number of hydrogen-bond acceptors (Lipinski definition) is 6. The molecule has 7 nitrogen and oxygen atoms in total. The topological polar surface area (TPSA) is 62.0 Å². The fourth-order valence-corrected chi connectivity index (χ4v) is 4.61. The second-order valence-corrected chi connectivity index (χ2v) is 8.67. The molecule has 3 aromatic rings. The largest absolute Gasteiger partial charge is 0.459 e. The van der Waals surface area contributed by atoms with Crippen LogP contribution >= 0.6 is 0 Å². The zero-order valence-electron chi connectivity index (χ0n) is 18.6. The van der Waals surface area contributed by atoms with Crippen LogP contribution in [0, 0.1) is 6.92 Å². The van der Waals surface area contributed by atoms with Crippen molar-refractivity contribution in [3.8, 4) is 0 Å². The number of nitrogens with zero attached hydrogens (tertiary/aromatic N) is 4. The molecule has 168 valence electrons. The van der Waals surface area contributed by atoms with E-state index in [0.717, 1.165) is 70.2 Å². The smallest absolute Gasteiger partial charge is 0.289 e. The van der Waals surface area contributed by atoms with E-state index >= 15 is 0 Å². The molecule has 2 saturated heterocycles. The Hall–Kier alpha value is -2.90. The lowest BCUT2D eigenvalue weighted by Crippen LogP contribution is -2.38. The fraction of sp³-hybridized carbons (Fsp3) is 0.440. The molecule has 2 aliphatic rings. The number of pyridine rings is 1. The molecule has 0 saturated carbocycles. The van der Waals surface area contributed by atoms with Crippen molar-refractivity contribution in [3.63, 3.8) is 0 Å². The number of ether oxygens (including phenoxy) is 1. The first-order valence-electron chi connectivity index (χ1n) is 11.5. The van der Waals surface area contributed by atoms with Crippen LogP contribution in [0.2, 0.25) is 0 Å². The summed E-state index contributed by atoms with van der Waals surface area (Å²) in [6, 6.07) is 12.3. The molecule has 0 unspecified atom stereocenters. The van der Waals surface area contributed by atoms with Crippen LogP contribution in [0.4, 0.5) is 5.82 Å². The highest BCUT2D eigenvalue weighted by atomic mass is 16.5. The van der Waals surface area contributed by atoms with Crippen LogP contribution in [0.5, 0.6) is 0 Å².